The van der Waals surface area contributed by atoms with E-state index in [9.17, 15) is 13.6 Å². The Hall–Kier alpha value is -2.69. The lowest BCUT2D eigenvalue weighted by Crippen LogP contribution is -2.30. The van der Waals surface area contributed by atoms with Gasteiger partial charge in [0.05, 0.1) is 0 Å². The number of benzene rings is 2. The molecule has 0 bridgehead atoms. The monoisotopic (exact) mass is 372 g/mol. The number of hydrogen-bond donors (Lipinski definition) is 2. The maximum atomic E-state index is 14.6. The standard InChI is InChI=1S/C22H26F2N2O/c1-13(2)25-18-8-6-16(7-9-18)19-12-20(23)17(11-21(19)24)10-15(5)22(27)26-14(3)4/h6-14,25H,1-5H3,(H,26,27). The third-order valence-electron chi connectivity index (χ3n) is 3.89. The summed E-state index contributed by atoms with van der Waals surface area (Å²) in [6, 6.07) is 9.71. The van der Waals surface area contributed by atoms with Crippen molar-refractivity contribution in [3.63, 3.8) is 0 Å². The van der Waals surface area contributed by atoms with E-state index in [1.165, 1.54) is 12.1 Å². The summed E-state index contributed by atoms with van der Waals surface area (Å²) in [6.45, 7) is 9.30. The zero-order valence-electron chi connectivity index (χ0n) is 16.4. The second-order valence-corrected chi connectivity index (χ2v) is 7.19. The zero-order chi connectivity index (χ0) is 20.1. The molecule has 0 unspecified atom stereocenters. The molecule has 0 saturated carbocycles. The maximum absolute atomic E-state index is 14.6. The van der Waals surface area contributed by atoms with Gasteiger partial charge in [0.1, 0.15) is 11.6 Å². The summed E-state index contributed by atoms with van der Waals surface area (Å²) in [5, 5.41) is 5.97. The number of carbonyl (C=O) groups excluding carboxylic acids is 1. The molecule has 2 rings (SSSR count). The number of carbonyl (C=O) groups is 1. The summed E-state index contributed by atoms with van der Waals surface area (Å²) in [5.74, 6) is -1.42. The smallest absolute Gasteiger partial charge is 0.247 e. The molecule has 5 heteroatoms. The minimum Gasteiger partial charge on any atom is -0.383 e. The van der Waals surface area contributed by atoms with Crippen molar-refractivity contribution in [3.05, 3.63) is 59.2 Å². The lowest BCUT2D eigenvalue weighted by molar-refractivity contribution is -0.117. The van der Waals surface area contributed by atoms with Crippen molar-refractivity contribution in [2.75, 3.05) is 5.32 Å². The van der Waals surface area contributed by atoms with Gasteiger partial charge < -0.3 is 10.6 Å². The number of amides is 1. The van der Waals surface area contributed by atoms with Crippen LogP contribution in [0, 0.1) is 11.6 Å². The van der Waals surface area contributed by atoms with Gasteiger partial charge in [0, 0.05) is 34.5 Å². The molecule has 0 radical (unpaired) electrons. The van der Waals surface area contributed by atoms with Crippen molar-refractivity contribution in [1.29, 1.82) is 0 Å². The SMILES string of the molecule is CC(=Cc1cc(F)c(-c2ccc(NC(C)C)cc2)cc1F)C(=O)NC(C)C. The zero-order valence-corrected chi connectivity index (χ0v) is 16.4. The highest BCUT2D eigenvalue weighted by molar-refractivity contribution is 5.97. The summed E-state index contributed by atoms with van der Waals surface area (Å²) < 4.78 is 29.1. The molecule has 144 valence electrons. The molecule has 2 aromatic rings. The predicted molar refractivity (Wildman–Crippen MR) is 107 cm³/mol. The molecule has 0 saturated heterocycles. The number of hydrogen-bond acceptors (Lipinski definition) is 2. The van der Waals surface area contributed by atoms with E-state index in [1.54, 1.807) is 19.1 Å². The van der Waals surface area contributed by atoms with Gasteiger partial charge >= 0.3 is 0 Å². The highest BCUT2D eigenvalue weighted by Gasteiger charge is 2.13. The summed E-state index contributed by atoms with van der Waals surface area (Å²) in [7, 11) is 0. The Bertz CT molecular complexity index is 840. The number of halogens is 2. The molecule has 0 aliphatic carbocycles. The number of nitrogens with one attached hydrogen (secondary N) is 2. The molecule has 1 amide bonds. The molecule has 0 atom stereocenters. The molecule has 0 spiro atoms. The van der Waals surface area contributed by atoms with Gasteiger partial charge in [0.25, 0.3) is 0 Å². The Morgan fingerprint density at radius 2 is 1.59 bits per heavy atom. The van der Waals surface area contributed by atoms with E-state index in [4.69, 9.17) is 0 Å². The van der Waals surface area contributed by atoms with E-state index in [0.717, 1.165) is 11.8 Å². The van der Waals surface area contributed by atoms with Crippen molar-refractivity contribution in [3.8, 4) is 11.1 Å². The van der Waals surface area contributed by atoms with Gasteiger partial charge in [0.15, 0.2) is 0 Å². The van der Waals surface area contributed by atoms with Gasteiger partial charge in [-0.2, -0.15) is 0 Å². The third-order valence-corrected chi connectivity index (χ3v) is 3.89. The van der Waals surface area contributed by atoms with Crippen molar-refractivity contribution in [2.24, 2.45) is 0 Å². The molecule has 27 heavy (non-hydrogen) atoms. The Morgan fingerprint density at radius 3 is 2.15 bits per heavy atom. The first-order chi connectivity index (χ1) is 12.7. The van der Waals surface area contributed by atoms with Gasteiger partial charge in [-0.05, 0) is 70.5 Å². The van der Waals surface area contributed by atoms with E-state index in [-0.39, 0.29) is 29.1 Å². The quantitative estimate of drug-likeness (QED) is 0.669. The summed E-state index contributed by atoms with van der Waals surface area (Å²) in [4.78, 5) is 11.9. The van der Waals surface area contributed by atoms with Crippen LogP contribution < -0.4 is 10.6 Å². The molecular weight excluding hydrogens is 346 g/mol. The van der Waals surface area contributed by atoms with E-state index in [1.807, 2.05) is 39.8 Å². The highest BCUT2D eigenvalue weighted by atomic mass is 19.1. The molecule has 0 aromatic heterocycles. The average molecular weight is 372 g/mol. The van der Waals surface area contributed by atoms with Crippen molar-refractivity contribution in [2.45, 2.75) is 46.7 Å². The lowest BCUT2D eigenvalue weighted by Gasteiger charge is -2.12. The fourth-order valence-corrected chi connectivity index (χ4v) is 2.65. The first-order valence-electron chi connectivity index (χ1n) is 9.02. The second-order valence-electron chi connectivity index (χ2n) is 7.19. The van der Waals surface area contributed by atoms with Gasteiger partial charge in [-0.3, -0.25) is 4.79 Å². The average Bonchev–Trinajstić information content (AvgIpc) is 2.57. The normalized spacial score (nSPS) is 11.8. The maximum Gasteiger partial charge on any atom is 0.247 e. The van der Waals surface area contributed by atoms with Crippen LogP contribution in [0.4, 0.5) is 14.5 Å². The van der Waals surface area contributed by atoms with Gasteiger partial charge in [-0.25, -0.2) is 8.78 Å². The van der Waals surface area contributed by atoms with Crippen LogP contribution in [0.3, 0.4) is 0 Å². The lowest BCUT2D eigenvalue weighted by atomic mass is 10.0. The summed E-state index contributed by atoms with van der Waals surface area (Å²) in [5.41, 5.74) is 2.06. The summed E-state index contributed by atoms with van der Waals surface area (Å²) in [6.07, 6.45) is 1.36. The molecule has 0 heterocycles. The van der Waals surface area contributed by atoms with E-state index >= 15 is 0 Å². The summed E-state index contributed by atoms with van der Waals surface area (Å²) >= 11 is 0. The van der Waals surface area contributed by atoms with Crippen LogP contribution in [0.2, 0.25) is 0 Å². The predicted octanol–water partition coefficient (Wildman–Crippen LogP) is 5.38. The fourth-order valence-electron chi connectivity index (χ4n) is 2.65. The van der Waals surface area contributed by atoms with Crippen LogP contribution >= 0.6 is 0 Å². The largest absolute Gasteiger partial charge is 0.383 e. The van der Waals surface area contributed by atoms with Crippen LogP contribution in [-0.4, -0.2) is 18.0 Å². The number of anilines is 1. The molecule has 2 N–H and O–H groups in total. The van der Waals surface area contributed by atoms with Crippen LogP contribution in [0.25, 0.3) is 17.2 Å². The van der Waals surface area contributed by atoms with Crippen molar-refractivity contribution >= 4 is 17.7 Å². The molecule has 0 aliphatic rings. The van der Waals surface area contributed by atoms with Crippen LogP contribution in [0.15, 0.2) is 42.0 Å². The topological polar surface area (TPSA) is 41.1 Å². The second kappa shape index (κ2) is 8.80. The molecular formula is C22H26F2N2O. The molecule has 2 aromatic carbocycles. The van der Waals surface area contributed by atoms with Crippen LogP contribution in [0.1, 0.15) is 40.2 Å². The van der Waals surface area contributed by atoms with Gasteiger partial charge in [-0.1, -0.05) is 12.1 Å². The van der Waals surface area contributed by atoms with Crippen LogP contribution in [0.5, 0.6) is 0 Å². The fraction of sp³-hybridized carbons (Fsp3) is 0.318. The molecule has 0 fully saturated rings. The Balaban J connectivity index is 2.30. The minimum atomic E-state index is -0.576. The van der Waals surface area contributed by atoms with Crippen molar-refractivity contribution < 1.29 is 13.6 Å². The Kier molecular flexibility index (Phi) is 6.72. The molecule has 3 nitrogen and oxygen atoms in total. The first-order valence-corrected chi connectivity index (χ1v) is 9.02. The minimum absolute atomic E-state index is 0.0297. The Labute approximate surface area is 159 Å². The van der Waals surface area contributed by atoms with E-state index < -0.39 is 11.6 Å². The molecule has 0 aliphatic heterocycles. The van der Waals surface area contributed by atoms with E-state index in [2.05, 4.69) is 10.6 Å². The number of rotatable bonds is 6. The van der Waals surface area contributed by atoms with Gasteiger partial charge in [-0.15, -0.1) is 0 Å². The first kappa shape index (κ1) is 20.6. The highest BCUT2D eigenvalue weighted by Crippen LogP contribution is 2.28. The Morgan fingerprint density at radius 1 is 0.963 bits per heavy atom. The third kappa shape index (κ3) is 5.64. The van der Waals surface area contributed by atoms with E-state index in [0.29, 0.717) is 11.1 Å². The van der Waals surface area contributed by atoms with Gasteiger partial charge in [0.2, 0.25) is 5.91 Å². The van der Waals surface area contributed by atoms with Crippen molar-refractivity contribution in [1.82, 2.24) is 5.32 Å². The van der Waals surface area contributed by atoms with Crippen LogP contribution in [-0.2, 0) is 4.79 Å².